The molecule has 21 heavy (non-hydrogen) atoms. The summed E-state index contributed by atoms with van der Waals surface area (Å²) in [4.78, 5) is 0. The molecular weight excluding hydrogens is 290 g/mol. The zero-order chi connectivity index (χ0) is 15.5. The van der Waals surface area contributed by atoms with E-state index < -0.39 is 15.1 Å². The van der Waals surface area contributed by atoms with E-state index in [1.165, 1.54) is 0 Å². The molecule has 1 aliphatic heterocycles. The van der Waals surface area contributed by atoms with Crippen LogP contribution in [-0.4, -0.2) is 40.7 Å². The molecule has 1 heterocycles. The minimum atomic E-state index is -3.09. The number of hydrogen-bond acceptors (Lipinski definition) is 5. The van der Waals surface area contributed by atoms with Crippen molar-refractivity contribution in [2.45, 2.75) is 30.6 Å². The van der Waals surface area contributed by atoms with Crippen molar-refractivity contribution < 1.29 is 17.9 Å². The maximum absolute atomic E-state index is 12.4. The van der Waals surface area contributed by atoms with E-state index in [9.17, 15) is 8.42 Å². The average molecular weight is 313 g/mol. The lowest BCUT2D eigenvalue weighted by molar-refractivity contribution is 0.385. The largest absolute Gasteiger partial charge is 0.497 e. The Morgan fingerprint density at radius 3 is 2.57 bits per heavy atom. The third-order valence-corrected chi connectivity index (χ3v) is 6.37. The molecule has 0 spiro atoms. The van der Waals surface area contributed by atoms with Crippen molar-refractivity contribution in [3.8, 4) is 11.5 Å². The summed E-state index contributed by atoms with van der Waals surface area (Å²) >= 11 is 0. The summed E-state index contributed by atoms with van der Waals surface area (Å²) in [5.41, 5.74) is 0.829. The third kappa shape index (κ3) is 3.32. The molecular formula is C15H23NO4S. The molecule has 2 unspecified atom stereocenters. The highest BCUT2D eigenvalue weighted by Crippen LogP contribution is 2.36. The van der Waals surface area contributed by atoms with E-state index in [1.807, 2.05) is 18.2 Å². The fraction of sp³-hybridized carbons (Fsp3) is 0.600. The van der Waals surface area contributed by atoms with Gasteiger partial charge in [0, 0.05) is 5.56 Å². The molecule has 5 nitrogen and oxygen atoms in total. The van der Waals surface area contributed by atoms with E-state index in [0.717, 1.165) is 18.4 Å². The van der Waals surface area contributed by atoms with Crippen molar-refractivity contribution in [1.82, 2.24) is 5.32 Å². The number of nitrogens with one attached hydrogen (secondary N) is 1. The molecule has 0 aromatic heterocycles. The molecule has 1 N–H and O–H groups in total. The molecule has 0 saturated carbocycles. The van der Waals surface area contributed by atoms with Crippen molar-refractivity contribution in [1.29, 1.82) is 0 Å². The minimum absolute atomic E-state index is 0.266. The van der Waals surface area contributed by atoms with Crippen molar-refractivity contribution in [2.75, 3.05) is 27.0 Å². The molecule has 1 aliphatic rings. The Bertz CT molecular complexity index is 585. The Morgan fingerprint density at radius 1 is 1.24 bits per heavy atom. The number of sulfone groups is 1. The van der Waals surface area contributed by atoms with Gasteiger partial charge in [0.2, 0.25) is 0 Å². The number of benzene rings is 1. The molecule has 1 aromatic carbocycles. The van der Waals surface area contributed by atoms with Gasteiger partial charge in [-0.05, 0) is 38.1 Å². The summed E-state index contributed by atoms with van der Waals surface area (Å²) in [5, 5.41) is 2.74. The van der Waals surface area contributed by atoms with Gasteiger partial charge >= 0.3 is 0 Å². The van der Waals surface area contributed by atoms with Gasteiger partial charge in [-0.25, -0.2) is 8.42 Å². The lowest BCUT2D eigenvalue weighted by atomic mass is 9.98. The van der Waals surface area contributed by atoms with Crippen LogP contribution in [0.1, 0.15) is 30.9 Å². The number of hydrogen-bond donors (Lipinski definition) is 1. The summed E-state index contributed by atoms with van der Waals surface area (Å²) in [6.45, 7) is 0. The Labute approximate surface area is 126 Å². The summed E-state index contributed by atoms with van der Waals surface area (Å²) in [5.74, 6) is 1.64. The van der Waals surface area contributed by atoms with E-state index in [2.05, 4.69) is 5.32 Å². The maximum Gasteiger partial charge on any atom is 0.155 e. The SMILES string of the molecule is CNC(c1cc(OC)ccc1OC)C1CCCCS1(=O)=O. The lowest BCUT2D eigenvalue weighted by Crippen LogP contribution is -2.39. The monoisotopic (exact) mass is 313 g/mol. The van der Waals surface area contributed by atoms with Crippen LogP contribution in [0.3, 0.4) is 0 Å². The highest BCUT2D eigenvalue weighted by atomic mass is 32.2. The molecule has 0 radical (unpaired) electrons. The van der Waals surface area contributed by atoms with E-state index in [-0.39, 0.29) is 11.8 Å². The zero-order valence-corrected chi connectivity index (χ0v) is 13.6. The first-order valence-corrected chi connectivity index (χ1v) is 8.85. The van der Waals surface area contributed by atoms with Crippen LogP contribution < -0.4 is 14.8 Å². The normalized spacial score (nSPS) is 22.5. The predicted octanol–water partition coefficient (Wildman–Crippen LogP) is 1.93. The molecule has 118 valence electrons. The predicted molar refractivity (Wildman–Crippen MR) is 82.8 cm³/mol. The van der Waals surface area contributed by atoms with Crippen LogP contribution in [0.5, 0.6) is 11.5 Å². The van der Waals surface area contributed by atoms with Crippen LogP contribution in [0.25, 0.3) is 0 Å². The van der Waals surface area contributed by atoms with Gasteiger partial charge in [-0.3, -0.25) is 0 Å². The average Bonchev–Trinajstić information content (AvgIpc) is 2.49. The zero-order valence-electron chi connectivity index (χ0n) is 12.8. The maximum atomic E-state index is 12.4. The van der Waals surface area contributed by atoms with Crippen LogP contribution in [0, 0.1) is 0 Å². The van der Waals surface area contributed by atoms with Crippen LogP contribution in [0.15, 0.2) is 18.2 Å². The first-order chi connectivity index (χ1) is 10.0. The van der Waals surface area contributed by atoms with Gasteiger partial charge < -0.3 is 14.8 Å². The van der Waals surface area contributed by atoms with Gasteiger partial charge in [-0.1, -0.05) is 6.42 Å². The molecule has 2 atom stereocenters. The van der Waals surface area contributed by atoms with Crippen molar-refractivity contribution in [3.63, 3.8) is 0 Å². The minimum Gasteiger partial charge on any atom is -0.497 e. The van der Waals surface area contributed by atoms with Gasteiger partial charge in [0.1, 0.15) is 11.5 Å². The number of rotatable bonds is 5. The quantitative estimate of drug-likeness (QED) is 0.900. The van der Waals surface area contributed by atoms with E-state index in [1.54, 1.807) is 21.3 Å². The highest BCUT2D eigenvalue weighted by Gasteiger charge is 2.37. The van der Waals surface area contributed by atoms with E-state index >= 15 is 0 Å². The first kappa shape index (κ1) is 16.1. The van der Waals surface area contributed by atoms with E-state index in [4.69, 9.17) is 9.47 Å². The van der Waals surface area contributed by atoms with Gasteiger partial charge in [0.05, 0.1) is 31.3 Å². The highest BCUT2D eigenvalue weighted by molar-refractivity contribution is 7.92. The molecule has 6 heteroatoms. The second-order valence-corrected chi connectivity index (χ2v) is 7.61. The summed E-state index contributed by atoms with van der Waals surface area (Å²) in [7, 11) is 1.88. The van der Waals surface area contributed by atoms with Crippen LogP contribution in [0.4, 0.5) is 0 Å². The number of ether oxygens (including phenoxy) is 2. The fourth-order valence-electron chi connectivity index (χ4n) is 2.98. The van der Waals surface area contributed by atoms with Crippen molar-refractivity contribution in [3.05, 3.63) is 23.8 Å². The second kappa shape index (κ2) is 6.66. The molecule has 1 fully saturated rings. The lowest BCUT2D eigenvalue weighted by Gasteiger charge is -2.31. The van der Waals surface area contributed by atoms with E-state index in [0.29, 0.717) is 17.9 Å². The van der Waals surface area contributed by atoms with Crippen molar-refractivity contribution >= 4 is 9.84 Å². The van der Waals surface area contributed by atoms with Crippen LogP contribution >= 0.6 is 0 Å². The summed E-state index contributed by atoms with van der Waals surface area (Å²) in [6, 6.07) is 5.18. The molecule has 1 saturated heterocycles. The van der Waals surface area contributed by atoms with Gasteiger partial charge in [0.25, 0.3) is 0 Å². The molecule has 0 amide bonds. The third-order valence-electron chi connectivity index (χ3n) is 4.08. The molecule has 1 aromatic rings. The Morgan fingerprint density at radius 2 is 2.00 bits per heavy atom. The van der Waals surface area contributed by atoms with Crippen molar-refractivity contribution in [2.24, 2.45) is 0 Å². The first-order valence-electron chi connectivity index (χ1n) is 7.14. The smallest absolute Gasteiger partial charge is 0.155 e. The molecule has 0 aliphatic carbocycles. The fourth-order valence-corrected chi connectivity index (χ4v) is 5.11. The van der Waals surface area contributed by atoms with Crippen LogP contribution in [0.2, 0.25) is 0 Å². The Balaban J connectivity index is 2.45. The summed E-state index contributed by atoms with van der Waals surface area (Å²) < 4.78 is 35.4. The van der Waals surface area contributed by atoms with Gasteiger partial charge in [-0.2, -0.15) is 0 Å². The summed E-state index contributed by atoms with van der Waals surface area (Å²) in [6.07, 6.45) is 2.37. The Kier molecular flexibility index (Phi) is 5.11. The Hall–Kier alpha value is -1.27. The second-order valence-electron chi connectivity index (χ2n) is 5.28. The standard InChI is InChI=1S/C15H23NO4S/c1-16-15(14-6-4-5-9-21(14,17)18)12-10-11(19-2)7-8-13(12)20-3/h7-8,10,14-16H,4-6,9H2,1-3H3. The molecule has 0 bridgehead atoms. The molecule has 2 rings (SSSR count). The van der Waals surface area contributed by atoms with Gasteiger partial charge in [-0.15, -0.1) is 0 Å². The number of methoxy groups -OCH3 is 2. The van der Waals surface area contributed by atoms with Gasteiger partial charge in [0.15, 0.2) is 9.84 Å². The topological polar surface area (TPSA) is 64.6 Å². The van der Waals surface area contributed by atoms with Crippen LogP contribution in [-0.2, 0) is 9.84 Å².